The number of aryl methyl sites for hydroxylation is 4. The molecule has 0 aliphatic carbocycles. The summed E-state index contributed by atoms with van der Waals surface area (Å²) in [6.45, 7) is 12.9. The monoisotopic (exact) mass is 563 g/mol. The molecule has 40 heavy (non-hydrogen) atoms. The molecule has 2 amide bonds. The van der Waals surface area contributed by atoms with Crippen molar-refractivity contribution in [1.29, 1.82) is 0 Å². The molecule has 0 unspecified atom stereocenters. The van der Waals surface area contributed by atoms with Crippen LogP contribution in [0.1, 0.15) is 55.0 Å². The maximum atomic E-state index is 14.1. The molecule has 0 bridgehead atoms. The molecule has 0 radical (unpaired) electrons. The van der Waals surface area contributed by atoms with Gasteiger partial charge in [-0.15, -0.1) is 0 Å². The Morgan fingerprint density at radius 1 is 0.850 bits per heavy atom. The van der Waals surface area contributed by atoms with Crippen molar-refractivity contribution in [3.05, 3.63) is 94.5 Å². The number of carbonyl (C=O) groups is 2. The molecule has 2 atom stereocenters. The van der Waals surface area contributed by atoms with E-state index in [9.17, 15) is 18.0 Å². The van der Waals surface area contributed by atoms with E-state index in [1.54, 1.807) is 37.3 Å². The standard InChI is InChI=1S/C32H41N3O4S/c1-8-26(6)33-32(37)27(7)34(20-28-12-10-9-11-24(28)4)31(36)21-35(30-18-15-23(3)19-25(30)5)40(38,39)29-16-13-22(2)14-17-29/h9-19,26-27H,8,20-21H2,1-7H3,(H,33,37)/t26-,27-/m0/s1. The van der Waals surface area contributed by atoms with Crippen LogP contribution in [-0.4, -0.2) is 43.8 Å². The van der Waals surface area contributed by atoms with Gasteiger partial charge in [0.25, 0.3) is 10.0 Å². The van der Waals surface area contributed by atoms with E-state index in [1.165, 1.54) is 9.21 Å². The average molecular weight is 564 g/mol. The first-order valence-corrected chi connectivity index (χ1v) is 15.1. The molecule has 3 aromatic carbocycles. The highest BCUT2D eigenvalue weighted by Gasteiger charge is 2.33. The van der Waals surface area contributed by atoms with Gasteiger partial charge in [-0.2, -0.15) is 0 Å². The zero-order chi connectivity index (χ0) is 29.6. The summed E-state index contributed by atoms with van der Waals surface area (Å²) in [6.07, 6.45) is 0.749. The third kappa shape index (κ3) is 7.30. The number of anilines is 1. The Balaban J connectivity index is 2.07. The molecule has 0 heterocycles. The molecule has 0 aromatic heterocycles. The molecule has 1 N–H and O–H groups in total. The molecule has 214 valence electrons. The first-order valence-electron chi connectivity index (χ1n) is 13.7. The molecular formula is C32H41N3O4S. The number of amides is 2. The van der Waals surface area contributed by atoms with Crippen LogP contribution in [0.15, 0.2) is 71.6 Å². The van der Waals surface area contributed by atoms with E-state index in [0.717, 1.165) is 34.2 Å². The summed E-state index contributed by atoms with van der Waals surface area (Å²) in [7, 11) is -4.10. The first kappa shape index (κ1) is 30.9. The molecule has 0 aliphatic rings. The van der Waals surface area contributed by atoms with Crippen LogP contribution in [0.4, 0.5) is 5.69 Å². The summed E-state index contributed by atoms with van der Waals surface area (Å²) < 4.78 is 29.2. The van der Waals surface area contributed by atoms with Crippen molar-refractivity contribution < 1.29 is 18.0 Å². The molecule has 3 aromatic rings. The Bertz CT molecular complexity index is 1450. The van der Waals surface area contributed by atoms with Crippen LogP contribution >= 0.6 is 0 Å². The molecule has 0 aliphatic heterocycles. The second-order valence-electron chi connectivity index (χ2n) is 10.6. The molecular weight excluding hydrogens is 522 g/mol. The largest absolute Gasteiger partial charge is 0.352 e. The minimum Gasteiger partial charge on any atom is -0.352 e. The highest BCUT2D eigenvalue weighted by Crippen LogP contribution is 2.28. The van der Waals surface area contributed by atoms with E-state index in [2.05, 4.69) is 5.32 Å². The van der Waals surface area contributed by atoms with Gasteiger partial charge in [-0.05, 0) is 82.9 Å². The van der Waals surface area contributed by atoms with Crippen molar-refractivity contribution in [2.24, 2.45) is 0 Å². The quantitative estimate of drug-likeness (QED) is 0.336. The van der Waals surface area contributed by atoms with Crippen molar-refractivity contribution in [1.82, 2.24) is 10.2 Å². The van der Waals surface area contributed by atoms with Gasteiger partial charge in [0.15, 0.2) is 0 Å². The van der Waals surface area contributed by atoms with Gasteiger partial charge in [-0.1, -0.05) is 66.6 Å². The fourth-order valence-corrected chi connectivity index (χ4v) is 5.93. The highest BCUT2D eigenvalue weighted by molar-refractivity contribution is 7.92. The SMILES string of the molecule is CC[C@H](C)NC(=O)[C@H](C)N(Cc1ccccc1C)C(=O)CN(c1ccc(C)cc1C)S(=O)(=O)c1ccc(C)cc1. The lowest BCUT2D eigenvalue weighted by atomic mass is 10.1. The summed E-state index contributed by atoms with van der Waals surface area (Å²) in [5, 5.41) is 2.96. The van der Waals surface area contributed by atoms with Gasteiger partial charge in [-0.3, -0.25) is 13.9 Å². The van der Waals surface area contributed by atoms with E-state index >= 15 is 0 Å². The number of rotatable bonds is 11. The summed E-state index contributed by atoms with van der Waals surface area (Å²) in [4.78, 5) is 28.9. The number of sulfonamides is 1. The lowest BCUT2D eigenvalue weighted by Crippen LogP contribution is -2.52. The minimum atomic E-state index is -4.10. The van der Waals surface area contributed by atoms with Gasteiger partial charge in [0, 0.05) is 12.6 Å². The Hall–Kier alpha value is -3.65. The third-order valence-corrected chi connectivity index (χ3v) is 9.05. The second-order valence-corrected chi connectivity index (χ2v) is 12.4. The molecule has 8 heteroatoms. The average Bonchev–Trinajstić information content (AvgIpc) is 2.91. The maximum absolute atomic E-state index is 14.1. The van der Waals surface area contributed by atoms with Gasteiger partial charge in [0.05, 0.1) is 10.6 Å². The van der Waals surface area contributed by atoms with Gasteiger partial charge in [0.1, 0.15) is 12.6 Å². The van der Waals surface area contributed by atoms with Crippen molar-refractivity contribution in [2.75, 3.05) is 10.8 Å². The molecule has 0 saturated carbocycles. The van der Waals surface area contributed by atoms with Crippen LogP contribution in [0.3, 0.4) is 0 Å². The van der Waals surface area contributed by atoms with Crippen molar-refractivity contribution in [3.63, 3.8) is 0 Å². The van der Waals surface area contributed by atoms with Crippen molar-refractivity contribution in [3.8, 4) is 0 Å². The molecule has 7 nitrogen and oxygen atoms in total. The normalized spacial score (nSPS) is 12.9. The summed E-state index contributed by atoms with van der Waals surface area (Å²) in [5.41, 5.74) is 4.94. The molecule has 0 saturated heterocycles. The van der Waals surface area contributed by atoms with Crippen LogP contribution in [-0.2, 0) is 26.2 Å². The topological polar surface area (TPSA) is 86.8 Å². The predicted octanol–water partition coefficient (Wildman–Crippen LogP) is 5.45. The fourth-order valence-electron chi connectivity index (χ4n) is 4.46. The summed E-state index contributed by atoms with van der Waals surface area (Å²) in [5.74, 6) is -0.749. The lowest BCUT2D eigenvalue weighted by Gasteiger charge is -2.33. The highest BCUT2D eigenvalue weighted by atomic mass is 32.2. The van der Waals surface area contributed by atoms with Gasteiger partial charge in [-0.25, -0.2) is 8.42 Å². The van der Waals surface area contributed by atoms with Crippen LogP contribution in [0.25, 0.3) is 0 Å². The summed E-state index contributed by atoms with van der Waals surface area (Å²) >= 11 is 0. The van der Waals surface area contributed by atoms with E-state index in [-0.39, 0.29) is 23.4 Å². The fraction of sp³-hybridized carbons (Fsp3) is 0.375. The van der Waals surface area contributed by atoms with E-state index in [4.69, 9.17) is 0 Å². The van der Waals surface area contributed by atoms with Crippen LogP contribution in [0.2, 0.25) is 0 Å². The Labute approximate surface area is 239 Å². The van der Waals surface area contributed by atoms with Gasteiger partial charge < -0.3 is 10.2 Å². The number of benzene rings is 3. The lowest BCUT2D eigenvalue weighted by molar-refractivity contribution is -0.139. The number of hydrogen-bond acceptors (Lipinski definition) is 4. The Morgan fingerprint density at radius 2 is 1.48 bits per heavy atom. The zero-order valence-corrected chi connectivity index (χ0v) is 25.4. The first-order chi connectivity index (χ1) is 18.8. The van der Waals surface area contributed by atoms with Gasteiger partial charge >= 0.3 is 0 Å². The number of nitrogens with zero attached hydrogens (tertiary/aromatic N) is 2. The van der Waals surface area contributed by atoms with Crippen molar-refractivity contribution >= 4 is 27.5 Å². The van der Waals surface area contributed by atoms with Crippen molar-refractivity contribution in [2.45, 2.75) is 78.4 Å². The van der Waals surface area contributed by atoms with Gasteiger partial charge in [0.2, 0.25) is 11.8 Å². The Morgan fingerprint density at radius 3 is 2.08 bits per heavy atom. The molecule has 3 rings (SSSR count). The zero-order valence-electron chi connectivity index (χ0n) is 24.6. The number of nitrogens with one attached hydrogen (secondary N) is 1. The van der Waals surface area contributed by atoms with E-state index in [1.807, 2.05) is 77.9 Å². The van der Waals surface area contributed by atoms with E-state index < -0.39 is 28.5 Å². The maximum Gasteiger partial charge on any atom is 0.264 e. The molecule has 0 spiro atoms. The predicted molar refractivity (Wildman–Crippen MR) is 161 cm³/mol. The number of hydrogen-bond donors (Lipinski definition) is 1. The van der Waals surface area contributed by atoms with Crippen LogP contribution in [0, 0.1) is 27.7 Å². The molecule has 0 fully saturated rings. The van der Waals surface area contributed by atoms with Crippen LogP contribution < -0.4 is 9.62 Å². The second kappa shape index (κ2) is 13.1. The number of carbonyl (C=O) groups excluding carboxylic acids is 2. The van der Waals surface area contributed by atoms with Crippen LogP contribution in [0.5, 0.6) is 0 Å². The Kier molecular flexibility index (Phi) is 10.1. The smallest absolute Gasteiger partial charge is 0.264 e. The van der Waals surface area contributed by atoms with E-state index in [0.29, 0.717) is 5.69 Å². The third-order valence-electron chi connectivity index (χ3n) is 7.28. The summed E-state index contributed by atoms with van der Waals surface area (Å²) in [6, 6.07) is 18.8. The minimum absolute atomic E-state index is 0.0565.